The van der Waals surface area contributed by atoms with E-state index in [4.69, 9.17) is 15.2 Å². The number of aromatic nitrogens is 1. The summed E-state index contributed by atoms with van der Waals surface area (Å²) in [5, 5.41) is 1.61. The van der Waals surface area contributed by atoms with Crippen LogP contribution >= 0.6 is 11.8 Å². The summed E-state index contributed by atoms with van der Waals surface area (Å²) < 4.78 is 13.5. The summed E-state index contributed by atoms with van der Waals surface area (Å²) in [4.78, 5) is 14.5. The predicted octanol–water partition coefficient (Wildman–Crippen LogP) is 6.00. The second-order valence-corrected chi connectivity index (χ2v) is 10.4. The summed E-state index contributed by atoms with van der Waals surface area (Å²) in [6.07, 6.45) is 5.93. The number of benzene rings is 3. The average molecular weight is 501 g/mol. The van der Waals surface area contributed by atoms with Crippen molar-refractivity contribution in [2.45, 2.75) is 55.0 Å². The molecule has 6 heteroatoms. The first-order valence-electron chi connectivity index (χ1n) is 12.5. The summed E-state index contributed by atoms with van der Waals surface area (Å²) in [5.74, 6) is 2.47. The summed E-state index contributed by atoms with van der Waals surface area (Å²) in [7, 11) is 1.65. The first kappa shape index (κ1) is 24.5. The van der Waals surface area contributed by atoms with Crippen molar-refractivity contribution < 1.29 is 9.47 Å². The van der Waals surface area contributed by atoms with Crippen molar-refractivity contribution in [1.29, 1.82) is 0 Å². The van der Waals surface area contributed by atoms with E-state index in [9.17, 15) is 4.79 Å². The smallest absolute Gasteiger partial charge is 0.258 e. The van der Waals surface area contributed by atoms with E-state index < -0.39 is 0 Å². The molecule has 5 nitrogen and oxygen atoms in total. The van der Waals surface area contributed by atoms with Gasteiger partial charge in [-0.25, -0.2) is 0 Å². The van der Waals surface area contributed by atoms with E-state index in [1.807, 2.05) is 54.7 Å². The molecule has 0 atom stereocenters. The summed E-state index contributed by atoms with van der Waals surface area (Å²) in [6.45, 7) is 0.506. The van der Waals surface area contributed by atoms with Gasteiger partial charge in [0.15, 0.2) is 0 Å². The zero-order valence-corrected chi connectivity index (χ0v) is 21.4. The third-order valence-corrected chi connectivity index (χ3v) is 7.91. The summed E-state index contributed by atoms with van der Waals surface area (Å²) >= 11 is 1.72. The number of ether oxygens (including phenoxy) is 2. The van der Waals surface area contributed by atoms with Gasteiger partial charge in [-0.15, -0.1) is 11.8 Å². The van der Waals surface area contributed by atoms with Crippen LogP contribution < -0.4 is 20.8 Å². The zero-order valence-electron chi connectivity index (χ0n) is 20.6. The molecule has 36 heavy (non-hydrogen) atoms. The highest BCUT2D eigenvalue weighted by Crippen LogP contribution is 2.36. The van der Waals surface area contributed by atoms with Crippen LogP contribution in [0.4, 0.5) is 0 Å². The molecule has 0 radical (unpaired) electrons. The number of hydrogen-bond acceptors (Lipinski definition) is 5. The lowest BCUT2D eigenvalue weighted by molar-refractivity contribution is 0.144. The van der Waals surface area contributed by atoms with Gasteiger partial charge in [-0.1, -0.05) is 42.5 Å². The lowest BCUT2D eigenvalue weighted by Gasteiger charge is -2.27. The first-order chi connectivity index (χ1) is 17.6. The van der Waals surface area contributed by atoms with E-state index >= 15 is 0 Å². The Kier molecular flexibility index (Phi) is 7.63. The molecule has 0 amide bonds. The van der Waals surface area contributed by atoms with E-state index in [0.29, 0.717) is 11.9 Å². The number of hydrogen-bond donors (Lipinski definition) is 1. The Morgan fingerprint density at radius 2 is 1.69 bits per heavy atom. The molecule has 2 N–H and O–H groups in total. The molecule has 1 aromatic heterocycles. The average Bonchev–Trinajstić information content (AvgIpc) is 2.91. The number of methoxy groups -OCH3 is 1. The van der Waals surface area contributed by atoms with Crippen molar-refractivity contribution >= 4 is 22.5 Å². The van der Waals surface area contributed by atoms with E-state index in [-0.39, 0.29) is 17.7 Å². The molecule has 1 aliphatic carbocycles. The third kappa shape index (κ3) is 5.77. The third-order valence-electron chi connectivity index (χ3n) is 6.80. The standard InChI is InChI=1S/C30H32N2O3S/c1-34-25-11-7-21(8-12-25)19-32-16-15-23-17-28(35-26-13-9-24(31)10-14-26)29(18-27(23)30(32)33)36-20-22-5-3-2-4-6-22/h2-8,11-12,15-18,24,26H,9-10,13-14,19-20,31H2,1H3. The van der Waals surface area contributed by atoms with Gasteiger partial charge in [0.1, 0.15) is 11.5 Å². The molecule has 4 aromatic rings. The van der Waals surface area contributed by atoms with E-state index in [1.54, 1.807) is 23.4 Å². The predicted molar refractivity (Wildman–Crippen MR) is 147 cm³/mol. The van der Waals surface area contributed by atoms with Gasteiger partial charge in [-0.05, 0) is 72.5 Å². The van der Waals surface area contributed by atoms with E-state index in [1.165, 1.54) is 5.56 Å². The second kappa shape index (κ2) is 11.2. The van der Waals surface area contributed by atoms with Crippen LogP contribution in [0, 0.1) is 0 Å². The lowest BCUT2D eigenvalue weighted by atomic mass is 9.94. The number of fused-ring (bicyclic) bond motifs is 1. The molecule has 0 saturated heterocycles. The van der Waals surface area contributed by atoms with Crippen molar-refractivity contribution in [1.82, 2.24) is 4.57 Å². The SMILES string of the molecule is COc1ccc(Cn2ccc3cc(OC4CCC(N)CC4)c(SCc4ccccc4)cc3c2=O)cc1. The highest BCUT2D eigenvalue weighted by molar-refractivity contribution is 7.98. The number of nitrogens with two attached hydrogens (primary N) is 1. The second-order valence-electron chi connectivity index (χ2n) is 9.41. The molecule has 1 fully saturated rings. The fourth-order valence-electron chi connectivity index (χ4n) is 4.67. The molecule has 1 aliphatic rings. The summed E-state index contributed by atoms with van der Waals surface area (Å²) in [6, 6.07) is 24.5. The van der Waals surface area contributed by atoms with Crippen LogP contribution in [0.1, 0.15) is 36.8 Å². The quantitative estimate of drug-likeness (QED) is 0.301. The Balaban J connectivity index is 1.46. The molecule has 186 valence electrons. The highest BCUT2D eigenvalue weighted by atomic mass is 32.2. The molecule has 0 unspecified atom stereocenters. The summed E-state index contributed by atoms with van der Waals surface area (Å²) in [5.41, 5.74) is 8.39. The maximum absolute atomic E-state index is 13.5. The largest absolute Gasteiger partial charge is 0.497 e. The normalized spacial score (nSPS) is 17.7. The van der Waals surface area contributed by atoms with Crippen molar-refractivity contribution in [3.05, 3.63) is 100 Å². The van der Waals surface area contributed by atoms with E-state index in [0.717, 1.165) is 58.8 Å². The van der Waals surface area contributed by atoms with Crippen LogP contribution in [0.15, 0.2) is 88.7 Å². The topological polar surface area (TPSA) is 66.5 Å². The van der Waals surface area contributed by atoms with Gasteiger partial charge in [-0.3, -0.25) is 4.79 Å². The Labute approximate surface area is 216 Å². The van der Waals surface area contributed by atoms with Crippen molar-refractivity contribution in [2.24, 2.45) is 5.73 Å². The Hall–Kier alpha value is -3.22. The highest BCUT2D eigenvalue weighted by Gasteiger charge is 2.21. The lowest BCUT2D eigenvalue weighted by Crippen LogP contribution is -2.31. The molecule has 1 heterocycles. The minimum Gasteiger partial charge on any atom is -0.497 e. The van der Waals surface area contributed by atoms with Gasteiger partial charge in [0.2, 0.25) is 0 Å². The minimum atomic E-state index is 0.0000640. The van der Waals surface area contributed by atoms with Crippen molar-refractivity contribution in [3.8, 4) is 11.5 Å². The van der Waals surface area contributed by atoms with Crippen LogP contribution in [0.3, 0.4) is 0 Å². The Morgan fingerprint density at radius 3 is 2.42 bits per heavy atom. The zero-order chi connectivity index (χ0) is 24.9. The maximum Gasteiger partial charge on any atom is 0.258 e. The molecule has 3 aromatic carbocycles. The van der Waals surface area contributed by atoms with Crippen molar-refractivity contribution in [2.75, 3.05) is 7.11 Å². The van der Waals surface area contributed by atoms with Crippen LogP contribution in [0.5, 0.6) is 11.5 Å². The monoisotopic (exact) mass is 500 g/mol. The fraction of sp³-hybridized carbons (Fsp3) is 0.300. The molecule has 0 aliphatic heterocycles. The van der Waals surface area contributed by atoms with Gasteiger partial charge in [0.05, 0.1) is 24.7 Å². The molecule has 0 bridgehead atoms. The minimum absolute atomic E-state index is 0.0000640. The van der Waals surface area contributed by atoms with Crippen LogP contribution in [0.25, 0.3) is 10.8 Å². The number of rotatable bonds is 8. The fourth-order valence-corrected chi connectivity index (χ4v) is 5.63. The van der Waals surface area contributed by atoms with Crippen LogP contribution in [0.2, 0.25) is 0 Å². The molecule has 0 spiro atoms. The van der Waals surface area contributed by atoms with Gasteiger partial charge in [-0.2, -0.15) is 0 Å². The molecule has 5 rings (SSSR count). The maximum atomic E-state index is 13.5. The van der Waals surface area contributed by atoms with Crippen molar-refractivity contribution in [3.63, 3.8) is 0 Å². The van der Waals surface area contributed by atoms with Gasteiger partial charge >= 0.3 is 0 Å². The molecular formula is C30H32N2O3S. The molecule has 1 saturated carbocycles. The Morgan fingerprint density at radius 1 is 0.944 bits per heavy atom. The van der Waals surface area contributed by atoms with Gasteiger partial charge in [0.25, 0.3) is 5.56 Å². The number of thioether (sulfide) groups is 1. The van der Waals surface area contributed by atoms with E-state index in [2.05, 4.69) is 24.3 Å². The number of pyridine rings is 1. The van der Waals surface area contributed by atoms with Gasteiger partial charge < -0.3 is 19.8 Å². The first-order valence-corrected chi connectivity index (χ1v) is 13.5. The molecular weight excluding hydrogens is 468 g/mol. The van der Waals surface area contributed by atoms with Crippen LogP contribution in [-0.4, -0.2) is 23.8 Å². The van der Waals surface area contributed by atoms with Gasteiger partial charge in [0, 0.05) is 23.4 Å². The Bertz CT molecular complexity index is 1360. The number of nitrogens with zero attached hydrogens (tertiary/aromatic N) is 1. The van der Waals surface area contributed by atoms with Crippen LogP contribution in [-0.2, 0) is 12.3 Å².